The third kappa shape index (κ3) is 5.78. The molecule has 2 heterocycles. The van der Waals surface area contributed by atoms with Crippen LogP contribution >= 0.6 is 23.1 Å². The van der Waals surface area contributed by atoms with Crippen LogP contribution in [0.5, 0.6) is 0 Å². The predicted octanol–water partition coefficient (Wildman–Crippen LogP) is 4.13. The minimum atomic E-state index is -0.299. The number of piperidine rings is 1. The van der Waals surface area contributed by atoms with Crippen LogP contribution in [0, 0.1) is 17.7 Å². The Kier molecular flexibility index (Phi) is 7.07. The zero-order valence-electron chi connectivity index (χ0n) is 16.0. The fourth-order valence-corrected chi connectivity index (χ4v) is 4.88. The molecule has 0 spiro atoms. The SMILES string of the molecule is CC1CC(C)CN(C(=O)CSCC(=O)Nc2nc(-c3ccc(F)cc3)cs2)C1. The average molecular weight is 422 g/mol. The first-order valence-corrected chi connectivity index (χ1v) is 11.3. The summed E-state index contributed by atoms with van der Waals surface area (Å²) in [6, 6.07) is 6.06. The van der Waals surface area contributed by atoms with Gasteiger partial charge < -0.3 is 10.2 Å². The molecular formula is C20H24FN3O2S2. The molecule has 1 aromatic heterocycles. The smallest absolute Gasteiger partial charge is 0.236 e. The lowest BCUT2D eigenvalue weighted by atomic mass is 9.92. The molecular weight excluding hydrogens is 397 g/mol. The Morgan fingerprint density at radius 1 is 1.21 bits per heavy atom. The molecule has 1 N–H and O–H groups in total. The summed E-state index contributed by atoms with van der Waals surface area (Å²) < 4.78 is 13.0. The monoisotopic (exact) mass is 421 g/mol. The van der Waals surface area contributed by atoms with Gasteiger partial charge in [-0.15, -0.1) is 23.1 Å². The van der Waals surface area contributed by atoms with Gasteiger partial charge in [-0.2, -0.15) is 0 Å². The van der Waals surface area contributed by atoms with Gasteiger partial charge >= 0.3 is 0 Å². The van der Waals surface area contributed by atoms with Crippen LogP contribution in [-0.4, -0.2) is 46.3 Å². The summed E-state index contributed by atoms with van der Waals surface area (Å²) in [5, 5.41) is 5.07. The highest BCUT2D eigenvalue weighted by molar-refractivity contribution is 8.00. The van der Waals surface area contributed by atoms with E-state index in [4.69, 9.17) is 0 Å². The zero-order valence-corrected chi connectivity index (χ0v) is 17.6. The Morgan fingerprint density at radius 2 is 1.89 bits per heavy atom. The molecule has 0 radical (unpaired) electrons. The number of likely N-dealkylation sites (tertiary alicyclic amines) is 1. The van der Waals surface area contributed by atoms with Crippen molar-refractivity contribution in [2.75, 3.05) is 29.9 Å². The Labute approximate surface area is 172 Å². The summed E-state index contributed by atoms with van der Waals surface area (Å²) in [5.74, 6) is 1.19. The van der Waals surface area contributed by atoms with Crippen molar-refractivity contribution < 1.29 is 14.0 Å². The highest BCUT2D eigenvalue weighted by atomic mass is 32.2. The number of hydrogen-bond acceptors (Lipinski definition) is 5. The van der Waals surface area contributed by atoms with Crippen molar-refractivity contribution in [2.45, 2.75) is 20.3 Å². The lowest BCUT2D eigenvalue weighted by Crippen LogP contribution is -2.43. The molecule has 0 saturated carbocycles. The second-order valence-corrected chi connectivity index (χ2v) is 9.17. The summed E-state index contributed by atoms with van der Waals surface area (Å²) in [7, 11) is 0. The van der Waals surface area contributed by atoms with Gasteiger partial charge in [-0.1, -0.05) is 13.8 Å². The van der Waals surface area contributed by atoms with Gasteiger partial charge in [-0.05, 0) is 42.5 Å². The van der Waals surface area contributed by atoms with Crippen molar-refractivity contribution in [1.29, 1.82) is 0 Å². The molecule has 0 bridgehead atoms. The van der Waals surface area contributed by atoms with Gasteiger partial charge in [0.2, 0.25) is 11.8 Å². The van der Waals surface area contributed by atoms with E-state index in [9.17, 15) is 14.0 Å². The molecule has 3 rings (SSSR count). The van der Waals surface area contributed by atoms with E-state index in [-0.39, 0.29) is 23.4 Å². The zero-order chi connectivity index (χ0) is 20.1. The van der Waals surface area contributed by atoms with E-state index in [1.807, 2.05) is 10.3 Å². The molecule has 1 aromatic carbocycles. The van der Waals surface area contributed by atoms with Crippen LogP contribution in [0.25, 0.3) is 11.3 Å². The van der Waals surface area contributed by atoms with Crippen molar-refractivity contribution in [3.63, 3.8) is 0 Å². The average Bonchev–Trinajstić information content (AvgIpc) is 3.09. The largest absolute Gasteiger partial charge is 0.341 e. The van der Waals surface area contributed by atoms with Crippen molar-refractivity contribution in [3.8, 4) is 11.3 Å². The maximum atomic E-state index is 13.0. The summed E-state index contributed by atoms with van der Waals surface area (Å²) in [5.41, 5.74) is 1.49. The number of amides is 2. The Morgan fingerprint density at radius 3 is 2.57 bits per heavy atom. The topological polar surface area (TPSA) is 62.3 Å². The van der Waals surface area contributed by atoms with Gasteiger partial charge in [0, 0.05) is 24.0 Å². The summed E-state index contributed by atoms with van der Waals surface area (Å²) in [6.45, 7) is 5.96. The van der Waals surface area contributed by atoms with Crippen LogP contribution in [0.3, 0.4) is 0 Å². The molecule has 1 aliphatic heterocycles. The van der Waals surface area contributed by atoms with E-state index >= 15 is 0 Å². The Bertz CT molecular complexity index is 815. The number of hydrogen-bond donors (Lipinski definition) is 1. The highest BCUT2D eigenvalue weighted by Crippen LogP contribution is 2.25. The second-order valence-electron chi connectivity index (χ2n) is 7.33. The fraction of sp³-hybridized carbons (Fsp3) is 0.450. The van der Waals surface area contributed by atoms with E-state index < -0.39 is 0 Å². The third-order valence-electron chi connectivity index (χ3n) is 4.57. The number of carbonyl (C=O) groups is 2. The molecule has 1 saturated heterocycles. The quantitative estimate of drug-likeness (QED) is 0.762. The molecule has 28 heavy (non-hydrogen) atoms. The first kappa shape index (κ1) is 20.8. The van der Waals surface area contributed by atoms with Crippen LogP contribution in [0.1, 0.15) is 20.3 Å². The molecule has 0 aliphatic carbocycles. The minimum Gasteiger partial charge on any atom is -0.341 e. The number of anilines is 1. The van der Waals surface area contributed by atoms with Crippen molar-refractivity contribution >= 4 is 40.0 Å². The standard InChI is InChI=1S/C20H24FN3O2S2/c1-13-7-14(2)9-24(8-13)19(26)12-27-11-18(25)23-20-22-17(10-28-20)15-3-5-16(21)6-4-15/h3-6,10,13-14H,7-9,11-12H2,1-2H3,(H,22,23,25). The number of carbonyl (C=O) groups excluding carboxylic acids is 2. The number of thiazole rings is 1. The van der Waals surface area contributed by atoms with Crippen LogP contribution in [0.2, 0.25) is 0 Å². The van der Waals surface area contributed by atoms with Crippen molar-refractivity contribution in [2.24, 2.45) is 11.8 Å². The number of thioether (sulfide) groups is 1. The maximum absolute atomic E-state index is 13.0. The molecule has 1 fully saturated rings. The van der Waals surface area contributed by atoms with Gasteiger partial charge in [0.25, 0.3) is 0 Å². The molecule has 150 valence electrons. The first-order valence-electron chi connectivity index (χ1n) is 9.27. The molecule has 2 unspecified atom stereocenters. The van der Waals surface area contributed by atoms with Crippen molar-refractivity contribution in [3.05, 3.63) is 35.5 Å². The number of aromatic nitrogens is 1. The van der Waals surface area contributed by atoms with Gasteiger partial charge in [-0.25, -0.2) is 9.37 Å². The van der Waals surface area contributed by atoms with Crippen LogP contribution in [0.15, 0.2) is 29.6 Å². The molecule has 8 heteroatoms. The first-order chi connectivity index (χ1) is 13.4. The van der Waals surface area contributed by atoms with Gasteiger partial charge in [0.15, 0.2) is 5.13 Å². The minimum absolute atomic E-state index is 0.101. The summed E-state index contributed by atoms with van der Waals surface area (Å²) >= 11 is 2.64. The second kappa shape index (κ2) is 9.52. The normalized spacial score (nSPS) is 19.5. The van der Waals surface area contributed by atoms with E-state index in [2.05, 4.69) is 24.1 Å². The van der Waals surface area contributed by atoms with Crippen LogP contribution in [-0.2, 0) is 9.59 Å². The van der Waals surface area contributed by atoms with E-state index in [0.29, 0.717) is 28.4 Å². The van der Waals surface area contributed by atoms with Gasteiger partial charge in [0.1, 0.15) is 5.82 Å². The van der Waals surface area contributed by atoms with Gasteiger partial charge in [-0.3, -0.25) is 9.59 Å². The maximum Gasteiger partial charge on any atom is 0.236 e. The van der Waals surface area contributed by atoms with Crippen LogP contribution in [0.4, 0.5) is 9.52 Å². The molecule has 1 aliphatic rings. The third-order valence-corrected chi connectivity index (χ3v) is 6.25. The highest BCUT2D eigenvalue weighted by Gasteiger charge is 2.25. The number of nitrogens with zero attached hydrogens (tertiary/aromatic N) is 2. The summed E-state index contributed by atoms with van der Waals surface area (Å²) in [6.07, 6.45) is 1.16. The number of rotatable bonds is 6. The molecule has 2 amide bonds. The Balaban J connectivity index is 1.43. The van der Waals surface area contributed by atoms with Gasteiger partial charge in [0.05, 0.1) is 17.2 Å². The fourth-order valence-electron chi connectivity index (χ4n) is 3.43. The lowest BCUT2D eigenvalue weighted by Gasteiger charge is -2.35. The lowest BCUT2D eigenvalue weighted by molar-refractivity contribution is -0.130. The Hall–Kier alpha value is -1.93. The summed E-state index contributed by atoms with van der Waals surface area (Å²) in [4.78, 5) is 30.8. The molecule has 5 nitrogen and oxygen atoms in total. The number of halogens is 1. The predicted molar refractivity (Wildman–Crippen MR) is 113 cm³/mol. The number of benzene rings is 1. The van der Waals surface area contributed by atoms with E-state index in [1.165, 1.54) is 35.2 Å². The molecule has 2 aromatic rings. The van der Waals surface area contributed by atoms with E-state index in [1.54, 1.807) is 12.1 Å². The van der Waals surface area contributed by atoms with Crippen molar-refractivity contribution in [1.82, 2.24) is 9.88 Å². The number of nitrogens with one attached hydrogen (secondary N) is 1. The van der Waals surface area contributed by atoms with Crippen LogP contribution < -0.4 is 5.32 Å². The molecule has 2 atom stereocenters. The van der Waals surface area contributed by atoms with E-state index in [0.717, 1.165) is 25.1 Å².